The Labute approximate surface area is 173 Å². The lowest BCUT2D eigenvalue weighted by atomic mass is 10.1. The van der Waals surface area contributed by atoms with Crippen LogP contribution < -0.4 is 10.9 Å². The van der Waals surface area contributed by atoms with E-state index >= 15 is 0 Å². The van der Waals surface area contributed by atoms with E-state index in [-0.39, 0.29) is 27.4 Å². The van der Waals surface area contributed by atoms with Crippen LogP contribution in [0, 0.1) is 11.6 Å². The second kappa shape index (κ2) is 7.57. The molecule has 30 heavy (non-hydrogen) atoms. The molecule has 0 saturated carbocycles. The van der Waals surface area contributed by atoms with Crippen LogP contribution in [0.3, 0.4) is 0 Å². The number of nitrogens with one attached hydrogen (secondary N) is 1. The number of amides is 1. The molecule has 6 nitrogen and oxygen atoms in total. The molecule has 4 aromatic rings. The molecule has 4 rings (SSSR count). The second-order valence-electron chi connectivity index (χ2n) is 6.30. The van der Waals surface area contributed by atoms with Crippen molar-refractivity contribution >= 4 is 34.2 Å². The van der Waals surface area contributed by atoms with Gasteiger partial charge in [0, 0.05) is 6.20 Å². The number of nitrogens with zero attached hydrogens (tertiary/aromatic N) is 2. The van der Waals surface area contributed by atoms with Gasteiger partial charge < -0.3 is 10.4 Å². The van der Waals surface area contributed by atoms with Crippen molar-refractivity contribution in [3.8, 4) is 11.4 Å². The van der Waals surface area contributed by atoms with Crippen LogP contribution in [-0.4, -0.2) is 20.6 Å². The van der Waals surface area contributed by atoms with Crippen molar-refractivity contribution < 1.29 is 18.7 Å². The predicted octanol–water partition coefficient (Wildman–Crippen LogP) is 4.28. The highest BCUT2D eigenvalue weighted by atomic mass is 35.5. The molecule has 0 unspecified atom stereocenters. The molecule has 0 atom stereocenters. The lowest BCUT2D eigenvalue weighted by molar-refractivity contribution is 0.102. The maximum absolute atomic E-state index is 13.8. The molecule has 2 aromatic carbocycles. The molecule has 0 aliphatic rings. The number of halogens is 3. The minimum atomic E-state index is -0.970. The van der Waals surface area contributed by atoms with E-state index in [4.69, 9.17) is 11.6 Å². The third-order valence-corrected chi connectivity index (χ3v) is 4.69. The summed E-state index contributed by atoms with van der Waals surface area (Å²) in [6, 6.07) is 11.4. The van der Waals surface area contributed by atoms with Gasteiger partial charge in [-0.1, -0.05) is 17.7 Å². The Kier molecular flexibility index (Phi) is 4.93. The van der Waals surface area contributed by atoms with E-state index in [0.717, 1.165) is 22.8 Å². The fourth-order valence-electron chi connectivity index (χ4n) is 3.04. The summed E-state index contributed by atoms with van der Waals surface area (Å²) in [4.78, 5) is 30.1. The highest BCUT2D eigenvalue weighted by molar-refractivity contribution is 6.34. The number of pyridine rings is 2. The predicted molar refractivity (Wildman–Crippen MR) is 108 cm³/mol. The zero-order valence-electron chi connectivity index (χ0n) is 15.1. The number of aromatic nitrogens is 2. The number of benzene rings is 2. The van der Waals surface area contributed by atoms with E-state index in [1.807, 2.05) is 0 Å². The molecule has 0 fully saturated rings. The first kappa shape index (κ1) is 19.5. The molecule has 0 aliphatic carbocycles. The van der Waals surface area contributed by atoms with Gasteiger partial charge in [0.05, 0.1) is 21.8 Å². The van der Waals surface area contributed by atoms with Crippen LogP contribution in [-0.2, 0) is 0 Å². The van der Waals surface area contributed by atoms with Crippen LogP contribution >= 0.6 is 11.6 Å². The third kappa shape index (κ3) is 3.37. The number of rotatable bonds is 3. The molecule has 2 heterocycles. The van der Waals surface area contributed by atoms with E-state index in [0.29, 0.717) is 0 Å². The Balaban J connectivity index is 1.94. The molecule has 0 aliphatic heterocycles. The Morgan fingerprint density at radius 1 is 1.07 bits per heavy atom. The lowest BCUT2D eigenvalue weighted by Crippen LogP contribution is -2.29. The molecular weight excluding hydrogens is 416 g/mol. The molecular formula is C21H12ClF2N3O3. The Morgan fingerprint density at radius 3 is 2.57 bits per heavy atom. The largest absolute Gasteiger partial charge is 0.506 e. The molecule has 2 N–H and O–H groups in total. The van der Waals surface area contributed by atoms with Gasteiger partial charge in [0.2, 0.25) is 0 Å². The average molecular weight is 428 g/mol. The maximum Gasteiger partial charge on any atom is 0.273 e. The number of carbonyl (C=O) groups excluding carboxylic acids is 1. The van der Waals surface area contributed by atoms with Crippen LogP contribution in [0.4, 0.5) is 14.5 Å². The first-order valence-electron chi connectivity index (χ1n) is 8.62. The standard InChI is InChI=1S/C21H12ClF2N3O3/c22-15-10-12(24)6-7-16(15)26-20(29)17-18(28)14-5-2-8-25-19(14)27(21(17)30)13-4-1-3-11(23)9-13/h1-10,28H,(H,26,29). The number of hydrogen-bond acceptors (Lipinski definition) is 4. The van der Waals surface area contributed by atoms with Crippen molar-refractivity contribution in [3.05, 3.63) is 93.4 Å². The monoisotopic (exact) mass is 427 g/mol. The first-order valence-corrected chi connectivity index (χ1v) is 8.99. The summed E-state index contributed by atoms with van der Waals surface area (Å²) in [5, 5.41) is 13.0. The molecule has 0 saturated heterocycles. The summed E-state index contributed by atoms with van der Waals surface area (Å²) >= 11 is 5.93. The second-order valence-corrected chi connectivity index (χ2v) is 6.70. The van der Waals surface area contributed by atoms with Gasteiger partial charge >= 0.3 is 0 Å². The van der Waals surface area contributed by atoms with Crippen LogP contribution in [0.2, 0.25) is 5.02 Å². The van der Waals surface area contributed by atoms with Gasteiger partial charge in [-0.3, -0.25) is 14.2 Å². The average Bonchev–Trinajstić information content (AvgIpc) is 2.70. The zero-order valence-corrected chi connectivity index (χ0v) is 15.8. The topological polar surface area (TPSA) is 84.2 Å². The van der Waals surface area contributed by atoms with Gasteiger partial charge in [0.15, 0.2) is 5.65 Å². The van der Waals surface area contributed by atoms with Crippen LogP contribution in [0.5, 0.6) is 5.75 Å². The molecule has 150 valence electrons. The lowest BCUT2D eigenvalue weighted by Gasteiger charge is -2.14. The highest BCUT2D eigenvalue weighted by Gasteiger charge is 2.24. The Bertz CT molecular complexity index is 1370. The summed E-state index contributed by atoms with van der Waals surface area (Å²) in [6.45, 7) is 0. The fourth-order valence-corrected chi connectivity index (χ4v) is 3.25. The number of hydrogen-bond donors (Lipinski definition) is 2. The van der Waals surface area contributed by atoms with Crippen LogP contribution in [0.1, 0.15) is 10.4 Å². The summed E-state index contributed by atoms with van der Waals surface area (Å²) in [6.07, 6.45) is 1.40. The smallest absolute Gasteiger partial charge is 0.273 e. The van der Waals surface area contributed by atoms with Crippen molar-refractivity contribution in [1.82, 2.24) is 9.55 Å². The van der Waals surface area contributed by atoms with Crippen molar-refractivity contribution in [2.75, 3.05) is 5.32 Å². The van der Waals surface area contributed by atoms with E-state index in [1.54, 1.807) is 0 Å². The van der Waals surface area contributed by atoms with Crippen LogP contribution in [0.15, 0.2) is 65.6 Å². The van der Waals surface area contributed by atoms with E-state index in [1.165, 1.54) is 42.6 Å². The van der Waals surface area contributed by atoms with Crippen molar-refractivity contribution in [2.24, 2.45) is 0 Å². The van der Waals surface area contributed by atoms with E-state index < -0.39 is 34.4 Å². The van der Waals surface area contributed by atoms with E-state index in [9.17, 15) is 23.5 Å². The van der Waals surface area contributed by atoms with Gasteiger partial charge in [-0.05, 0) is 48.5 Å². The third-order valence-electron chi connectivity index (χ3n) is 4.38. The van der Waals surface area contributed by atoms with Crippen molar-refractivity contribution in [2.45, 2.75) is 0 Å². The summed E-state index contributed by atoms with van der Waals surface area (Å²) in [5.41, 5.74) is -1.30. The van der Waals surface area contributed by atoms with Gasteiger partial charge in [0.1, 0.15) is 22.9 Å². The summed E-state index contributed by atoms with van der Waals surface area (Å²) < 4.78 is 28.1. The van der Waals surface area contributed by atoms with Gasteiger partial charge in [0.25, 0.3) is 11.5 Å². The molecule has 1 amide bonds. The summed E-state index contributed by atoms with van der Waals surface area (Å²) in [5.74, 6) is -2.76. The highest BCUT2D eigenvalue weighted by Crippen LogP contribution is 2.29. The summed E-state index contributed by atoms with van der Waals surface area (Å²) in [7, 11) is 0. The van der Waals surface area contributed by atoms with E-state index in [2.05, 4.69) is 10.3 Å². The first-order chi connectivity index (χ1) is 14.4. The van der Waals surface area contributed by atoms with Crippen LogP contribution in [0.25, 0.3) is 16.7 Å². The quantitative estimate of drug-likeness (QED) is 0.511. The minimum Gasteiger partial charge on any atom is -0.506 e. The molecule has 0 radical (unpaired) electrons. The maximum atomic E-state index is 13.8. The number of anilines is 1. The zero-order chi connectivity index (χ0) is 21.4. The Hall–Kier alpha value is -3.78. The number of fused-ring (bicyclic) bond motifs is 1. The molecule has 0 bridgehead atoms. The SMILES string of the molecule is O=C(Nc1ccc(F)cc1Cl)c1c(O)c2cccnc2n(-c2cccc(F)c2)c1=O. The van der Waals surface area contributed by atoms with Gasteiger partial charge in [-0.15, -0.1) is 0 Å². The molecule has 9 heteroatoms. The normalized spacial score (nSPS) is 10.9. The van der Waals surface area contributed by atoms with Gasteiger partial charge in [-0.2, -0.15) is 0 Å². The minimum absolute atomic E-state index is 0.0435. The number of aromatic hydroxyl groups is 1. The van der Waals surface area contributed by atoms with Gasteiger partial charge in [-0.25, -0.2) is 13.8 Å². The van der Waals surface area contributed by atoms with Crippen molar-refractivity contribution in [3.63, 3.8) is 0 Å². The number of carbonyl (C=O) groups is 1. The van der Waals surface area contributed by atoms with Crippen molar-refractivity contribution in [1.29, 1.82) is 0 Å². The molecule has 2 aromatic heterocycles. The Morgan fingerprint density at radius 2 is 1.83 bits per heavy atom. The fraction of sp³-hybridized carbons (Fsp3) is 0. The molecule has 0 spiro atoms.